The van der Waals surface area contributed by atoms with Gasteiger partial charge in [-0.15, -0.1) is 0 Å². The molecule has 1 atom stereocenters. The highest BCUT2D eigenvalue weighted by Crippen LogP contribution is 2.31. The molecule has 1 amide bonds. The van der Waals surface area contributed by atoms with Gasteiger partial charge in [-0.2, -0.15) is 0 Å². The molecule has 0 bridgehead atoms. The lowest BCUT2D eigenvalue weighted by atomic mass is 9.99. The van der Waals surface area contributed by atoms with Crippen molar-refractivity contribution in [2.24, 2.45) is 5.73 Å². The quantitative estimate of drug-likeness (QED) is 0.888. The Balaban J connectivity index is 2.51. The highest BCUT2D eigenvalue weighted by atomic mass is 16.2. The van der Waals surface area contributed by atoms with Crippen molar-refractivity contribution in [1.29, 1.82) is 0 Å². The van der Waals surface area contributed by atoms with Gasteiger partial charge in [-0.25, -0.2) is 0 Å². The van der Waals surface area contributed by atoms with E-state index in [0.717, 1.165) is 18.5 Å². The number of benzene rings is 1. The number of nitrogens with zero attached hydrogens (tertiary/aromatic N) is 1. The molecule has 1 saturated heterocycles. The first-order chi connectivity index (χ1) is 8.56. The van der Waals surface area contributed by atoms with Crippen molar-refractivity contribution in [3.05, 3.63) is 28.8 Å². The largest absolute Gasteiger partial charge is 0.326 e. The van der Waals surface area contributed by atoms with E-state index < -0.39 is 0 Å². The summed E-state index contributed by atoms with van der Waals surface area (Å²) in [5.74, 6) is 0.163. The normalized spacial score (nSPS) is 19.7. The van der Waals surface area contributed by atoms with Crippen LogP contribution in [0.4, 0.5) is 5.69 Å². The third-order valence-corrected chi connectivity index (χ3v) is 3.60. The molecule has 1 unspecified atom stereocenters. The molecule has 0 saturated carbocycles. The van der Waals surface area contributed by atoms with Crippen molar-refractivity contribution < 1.29 is 4.79 Å². The maximum absolute atomic E-state index is 12.1. The van der Waals surface area contributed by atoms with Crippen LogP contribution in [0.25, 0.3) is 0 Å². The average Bonchev–Trinajstić information content (AvgIpc) is 2.66. The number of carbonyl (C=O) groups is 1. The smallest absolute Gasteiger partial charge is 0.228 e. The first kappa shape index (κ1) is 13.1. The van der Waals surface area contributed by atoms with Gasteiger partial charge >= 0.3 is 0 Å². The molecule has 1 fully saturated rings. The lowest BCUT2D eigenvalue weighted by molar-refractivity contribution is -0.117. The third-order valence-electron chi connectivity index (χ3n) is 3.60. The van der Waals surface area contributed by atoms with Crippen LogP contribution in [0.2, 0.25) is 0 Å². The van der Waals surface area contributed by atoms with E-state index in [2.05, 4.69) is 32.9 Å². The zero-order valence-corrected chi connectivity index (χ0v) is 11.5. The van der Waals surface area contributed by atoms with E-state index in [0.29, 0.717) is 13.0 Å². The molecule has 1 aromatic rings. The zero-order chi connectivity index (χ0) is 13.3. The number of carbonyl (C=O) groups excluding carboxylic acids is 1. The molecule has 3 nitrogen and oxygen atoms in total. The minimum absolute atomic E-state index is 0.0202. The molecule has 3 heteroatoms. The molecule has 2 rings (SSSR count). The van der Waals surface area contributed by atoms with Gasteiger partial charge in [0.05, 0.1) is 5.69 Å². The maximum atomic E-state index is 12.1. The van der Waals surface area contributed by atoms with Crippen molar-refractivity contribution in [2.45, 2.75) is 46.1 Å². The maximum Gasteiger partial charge on any atom is 0.228 e. The molecule has 0 aliphatic carbocycles. The highest BCUT2D eigenvalue weighted by molar-refractivity contribution is 5.97. The summed E-state index contributed by atoms with van der Waals surface area (Å²) in [4.78, 5) is 13.9. The van der Waals surface area contributed by atoms with E-state index in [-0.39, 0.29) is 11.9 Å². The molecule has 0 spiro atoms. The van der Waals surface area contributed by atoms with Crippen LogP contribution in [0.1, 0.15) is 37.0 Å². The summed E-state index contributed by atoms with van der Waals surface area (Å²) in [5, 5.41) is 0. The minimum Gasteiger partial charge on any atom is -0.326 e. The Bertz CT molecular complexity index is 443. The average molecular weight is 246 g/mol. The summed E-state index contributed by atoms with van der Waals surface area (Å²) in [7, 11) is 0. The van der Waals surface area contributed by atoms with Crippen molar-refractivity contribution in [2.75, 3.05) is 11.4 Å². The number of nitrogens with two attached hydrogens (primary N) is 1. The zero-order valence-electron chi connectivity index (χ0n) is 11.5. The fraction of sp³-hybridized carbons (Fsp3) is 0.533. The van der Waals surface area contributed by atoms with Crippen LogP contribution in [0.15, 0.2) is 12.1 Å². The molecule has 1 aliphatic rings. The molecule has 1 heterocycles. The topological polar surface area (TPSA) is 46.3 Å². The van der Waals surface area contributed by atoms with Gasteiger partial charge in [-0.05, 0) is 30.9 Å². The molecular formula is C15H22N2O. The second-order valence-corrected chi connectivity index (χ2v) is 5.11. The van der Waals surface area contributed by atoms with Gasteiger partial charge in [0.1, 0.15) is 0 Å². The Morgan fingerprint density at radius 3 is 2.22 bits per heavy atom. The fourth-order valence-electron chi connectivity index (χ4n) is 2.77. The molecule has 1 aromatic carbocycles. The predicted octanol–water partition coefficient (Wildman–Crippen LogP) is 2.18. The molecule has 0 radical (unpaired) electrons. The van der Waals surface area contributed by atoms with Gasteiger partial charge in [0.15, 0.2) is 0 Å². The molecule has 98 valence electrons. The summed E-state index contributed by atoms with van der Waals surface area (Å²) >= 11 is 0. The molecule has 0 aromatic heterocycles. The van der Waals surface area contributed by atoms with Crippen LogP contribution in [-0.4, -0.2) is 18.5 Å². The van der Waals surface area contributed by atoms with E-state index in [4.69, 9.17) is 5.73 Å². The third kappa shape index (κ3) is 2.27. The van der Waals surface area contributed by atoms with Gasteiger partial charge in [0.25, 0.3) is 0 Å². The minimum atomic E-state index is -0.0202. The van der Waals surface area contributed by atoms with E-state index >= 15 is 0 Å². The van der Waals surface area contributed by atoms with Gasteiger partial charge < -0.3 is 10.6 Å². The molecule has 1 aliphatic heterocycles. The molecule has 2 N–H and O–H groups in total. The number of hydrogen-bond acceptors (Lipinski definition) is 2. The summed E-state index contributed by atoms with van der Waals surface area (Å²) in [5.41, 5.74) is 10.8. The Hall–Kier alpha value is -1.35. The lowest BCUT2D eigenvalue weighted by Crippen LogP contribution is -2.29. The van der Waals surface area contributed by atoms with Gasteiger partial charge in [-0.1, -0.05) is 31.5 Å². The van der Waals surface area contributed by atoms with Crippen LogP contribution < -0.4 is 10.6 Å². The van der Waals surface area contributed by atoms with Crippen LogP contribution in [-0.2, 0) is 17.6 Å². The van der Waals surface area contributed by atoms with Crippen molar-refractivity contribution in [1.82, 2.24) is 0 Å². The number of aryl methyl sites for hydroxylation is 3. The Morgan fingerprint density at radius 2 is 1.83 bits per heavy atom. The second kappa shape index (κ2) is 5.11. The standard InChI is InChI=1S/C15H22N2O/c1-4-11-6-10(3)7-12(5-2)15(11)17-9-13(16)8-14(17)18/h6-7,13H,4-5,8-9,16H2,1-3H3. The molecular weight excluding hydrogens is 224 g/mol. The van der Waals surface area contributed by atoms with E-state index in [9.17, 15) is 4.79 Å². The van der Waals surface area contributed by atoms with E-state index in [1.165, 1.54) is 16.7 Å². The van der Waals surface area contributed by atoms with Gasteiger partial charge in [-0.3, -0.25) is 4.79 Å². The number of amides is 1. The number of anilines is 1. The number of rotatable bonds is 3. The summed E-state index contributed by atoms with van der Waals surface area (Å²) in [6, 6.07) is 4.35. The van der Waals surface area contributed by atoms with Gasteiger partial charge in [0.2, 0.25) is 5.91 Å². The van der Waals surface area contributed by atoms with Gasteiger partial charge in [0, 0.05) is 19.0 Å². The van der Waals surface area contributed by atoms with E-state index in [1.807, 2.05) is 4.90 Å². The lowest BCUT2D eigenvalue weighted by Gasteiger charge is -2.23. The van der Waals surface area contributed by atoms with Crippen molar-refractivity contribution in [3.8, 4) is 0 Å². The van der Waals surface area contributed by atoms with Crippen molar-refractivity contribution >= 4 is 11.6 Å². The van der Waals surface area contributed by atoms with Crippen LogP contribution in [0, 0.1) is 6.92 Å². The SMILES string of the molecule is CCc1cc(C)cc(CC)c1N1CC(N)CC1=O. The Morgan fingerprint density at radius 1 is 1.28 bits per heavy atom. The fourth-order valence-corrected chi connectivity index (χ4v) is 2.77. The van der Waals surface area contributed by atoms with Crippen LogP contribution in [0.5, 0.6) is 0 Å². The summed E-state index contributed by atoms with van der Waals surface area (Å²) < 4.78 is 0. The monoisotopic (exact) mass is 246 g/mol. The Labute approximate surface area is 109 Å². The predicted molar refractivity (Wildman–Crippen MR) is 74.9 cm³/mol. The highest BCUT2D eigenvalue weighted by Gasteiger charge is 2.30. The van der Waals surface area contributed by atoms with Crippen LogP contribution in [0.3, 0.4) is 0 Å². The van der Waals surface area contributed by atoms with E-state index in [1.54, 1.807) is 0 Å². The number of hydrogen-bond donors (Lipinski definition) is 1. The summed E-state index contributed by atoms with van der Waals surface area (Å²) in [6.45, 7) is 7.04. The van der Waals surface area contributed by atoms with Crippen LogP contribution >= 0.6 is 0 Å². The second-order valence-electron chi connectivity index (χ2n) is 5.11. The first-order valence-electron chi connectivity index (χ1n) is 6.75. The summed E-state index contributed by atoms with van der Waals surface area (Å²) in [6.07, 6.45) is 2.37. The first-order valence-corrected chi connectivity index (χ1v) is 6.75. The van der Waals surface area contributed by atoms with Crippen molar-refractivity contribution in [3.63, 3.8) is 0 Å². The Kier molecular flexibility index (Phi) is 3.71. The molecule has 18 heavy (non-hydrogen) atoms.